The molecule has 1 heteroatoms. The lowest BCUT2D eigenvalue weighted by molar-refractivity contribution is 0.669. The van der Waals surface area contributed by atoms with E-state index >= 15 is 0 Å². The van der Waals surface area contributed by atoms with Crippen molar-refractivity contribution in [3.8, 4) is 33.4 Å². The summed E-state index contributed by atoms with van der Waals surface area (Å²) in [6.07, 6.45) is 0. The smallest absolute Gasteiger partial charge is 0.136 e. The third-order valence-electron chi connectivity index (χ3n) is 11.8. The molecular formula is C54H32O. The zero-order valence-corrected chi connectivity index (χ0v) is 29.9. The molecule has 0 aliphatic rings. The molecule has 0 N–H and O–H groups in total. The average molecular weight is 697 g/mol. The number of hydrogen-bond donors (Lipinski definition) is 0. The van der Waals surface area contributed by atoms with Gasteiger partial charge in [0.25, 0.3) is 0 Å². The minimum absolute atomic E-state index is 0.905. The maximum absolute atomic E-state index is 6.53. The third-order valence-corrected chi connectivity index (χ3v) is 11.8. The highest BCUT2D eigenvalue weighted by atomic mass is 16.3. The second-order valence-electron chi connectivity index (χ2n) is 14.9. The molecule has 11 aromatic carbocycles. The Morgan fingerprint density at radius 2 is 0.673 bits per heavy atom. The van der Waals surface area contributed by atoms with Crippen LogP contribution in [-0.4, -0.2) is 0 Å². The predicted molar refractivity (Wildman–Crippen MR) is 235 cm³/mol. The van der Waals surface area contributed by atoms with Gasteiger partial charge in [-0.15, -0.1) is 0 Å². The summed E-state index contributed by atoms with van der Waals surface area (Å²) < 4.78 is 6.53. The molecule has 0 saturated heterocycles. The fourth-order valence-electron chi connectivity index (χ4n) is 9.03. The van der Waals surface area contributed by atoms with Crippen molar-refractivity contribution >= 4 is 86.6 Å². The standard InChI is InChI=1S/C54H32O/c1-2-9-36-27-38(17-13-33(36)7-1)41-23-25-47-48-26-24-42(32-52(48)55-51(47)31-41)39-18-19-40-29-43(21-20-37(40)28-39)50-30-44-22-16-35-15-14-34-8-3-4-10-45(34)53(35)54(44)49-12-6-5-11-46(49)50/h1-32H. The number of rotatable bonds is 3. The van der Waals surface area contributed by atoms with E-state index in [0.717, 1.165) is 33.1 Å². The Balaban J connectivity index is 0.928. The van der Waals surface area contributed by atoms with Gasteiger partial charge >= 0.3 is 0 Å². The van der Waals surface area contributed by atoms with E-state index in [4.69, 9.17) is 4.42 Å². The Morgan fingerprint density at radius 1 is 0.236 bits per heavy atom. The zero-order valence-electron chi connectivity index (χ0n) is 29.9. The van der Waals surface area contributed by atoms with Gasteiger partial charge in [0, 0.05) is 10.8 Å². The summed E-state index contributed by atoms with van der Waals surface area (Å²) in [5.74, 6) is 0. The van der Waals surface area contributed by atoms with E-state index in [9.17, 15) is 0 Å². The summed E-state index contributed by atoms with van der Waals surface area (Å²) in [4.78, 5) is 0. The van der Waals surface area contributed by atoms with E-state index in [1.807, 2.05) is 0 Å². The molecule has 1 nitrogen and oxygen atoms in total. The number of benzene rings is 11. The Labute approximate surface area is 317 Å². The Kier molecular flexibility index (Phi) is 6.40. The van der Waals surface area contributed by atoms with Gasteiger partial charge in [-0.2, -0.15) is 0 Å². The van der Waals surface area contributed by atoms with Crippen LogP contribution in [0.1, 0.15) is 0 Å². The molecule has 0 amide bonds. The Morgan fingerprint density at radius 3 is 1.38 bits per heavy atom. The normalized spacial score (nSPS) is 12.0. The monoisotopic (exact) mass is 696 g/mol. The van der Waals surface area contributed by atoms with E-state index in [1.54, 1.807) is 0 Å². The number of hydrogen-bond acceptors (Lipinski definition) is 1. The van der Waals surface area contributed by atoms with Gasteiger partial charge in [-0.1, -0.05) is 146 Å². The number of furan rings is 1. The molecule has 0 aliphatic carbocycles. The first-order valence-corrected chi connectivity index (χ1v) is 19.0. The minimum Gasteiger partial charge on any atom is -0.456 e. The van der Waals surface area contributed by atoms with Crippen LogP contribution in [0.5, 0.6) is 0 Å². The summed E-state index contributed by atoms with van der Waals surface area (Å²) >= 11 is 0. The van der Waals surface area contributed by atoms with Crippen LogP contribution in [0.25, 0.3) is 120 Å². The fraction of sp³-hybridized carbons (Fsp3) is 0. The van der Waals surface area contributed by atoms with E-state index < -0.39 is 0 Å². The Bertz CT molecular complexity index is 3550. The maximum Gasteiger partial charge on any atom is 0.136 e. The molecule has 0 atom stereocenters. The Hall–Kier alpha value is -7.22. The van der Waals surface area contributed by atoms with Crippen LogP contribution in [0.2, 0.25) is 0 Å². The first kappa shape index (κ1) is 30.3. The van der Waals surface area contributed by atoms with Crippen molar-refractivity contribution in [2.24, 2.45) is 0 Å². The van der Waals surface area contributed by atoms with Crippen molar-refractivity contribution in [1.82, 2.24) is 0 Å². The lowest BCUT2D eigenvalue weighted by Crippen LogP contribution is -1.88. The highest BCUT2D eigenvalue weighted by Crippen LogP contribution is 2.42. The maximum atomic E-state index is 6.53. The summed E-state index contributed by atoms with van der Waals surface area (Å²) in [6.45, 7) is 0. The van der Waals surface area contributed by atoms with Crippen LogP contribution < -0.4 is 0 Å². The van der Waals surface area contributed by atoms with Gasteiger partial charge in [-0.25, -0.2) is 0 Å². The van der Waals surface area contributed by atoms with Crippen LogP contribution in [0.4, 0.5) is 0 Å². The second-order valence-corrected chi connectivity index (χ2v) is 14.9. The largest absolute Gasteiger partial charge is 0.456 e. The lowest BCUT2D eigenvalue weighted by Gasteiger charge is -2.15. The molecule has 0 spiro atoms. The lowest BCUT2D eigenvalue weighted by atomic mass is 9.88. The quantitative estimate of drug-likeness (QED) is 0.168. The topological polar surface area (TPSA) is 13.1 Å². The fourth-order valence-corrected chi connectivity index (χ4v) is 9.03. The minimum atomic E-state index is 0.905. The molecule has 254 valence electrons. The molecule has 0 fully saturated rings. The summed E-state index contributed by atoms with van der Waals surface area (Å²) in [6, 6.07) is 71.1. The molecule has 12 rings (SSSR count). The van der Waals surface area contributed by atoms with Gasteiger partial charge in [-0.3, -0.25) is 0 Å². The van der Waals surface area contributed by atoms with Crippen LogP contribution in [-0.2, 0) is 0 Å². The molecule has 1 aromatic heterocycles. The second kappa shape index (κ2) is 11.6. The van der Waals surface area contributed by atoms with Gasteiger partial charge < -0.3 is 4.42 Å². The van der Waals surface area contributed by atoms with Gasteiger partial charge in [0.05, 0.1) is 0 Å². The molecule has 12 aromatic rings. The van der Waals surface area contributed by atoms with Crippen molar-refractivity contribution in [3.63, 3.8) is 0 Å². The van der Waals surface area contributed by atoms with E-state index in [1.165, 1.54) is 86.9 Å². The molecular weight excluding hydrogens is 665 g/mol. The molecule has 55 heavy (non-hydrogen) atoms. The molecule has 0 aliphatic heterocycles. The van der Waals surface area contributed by atoms with Gasteiger partial charge in [0.1, 0.15) is 11.2 Å². The predicted octanol–water partition coefficient (Wildman–Crippen LogP) is 15.5. The SMILES string of the molecule is c1ccc2cc(-c3ccc4c(c3)oc3cc(-c5ccc6cc(-c7cc8ccc9ccc%10ccccc%10c9c8c8ccccc78)ccc6c5)ccc34)ccc2c1. The first-order chi connectivity index (χ1) is 27.2. The van der Waals surface area contributed by atoms with E-state index in [0.29, 0.717) is 0 Å². The molecule has 0 saturated carbocycles. The average Bonchev–Trinajstić information content (AvgIpc) is 3.62. The molecule has 0 radical (unpaired) electrons. The molecule has 1 heterocycles. The first-order valence-electron chi connectivity index (χ1n) is 19.0. The number of fused-ring (bicyclic) bond motifs is 12. The van der Waals surface area contributed by atoms with Crippen LogP contribution in [0, 0.1) is 0 Å². The molecule has 0 bridgehead atoms. The van der Waals surface area contributed by atoms with Crippen LogP contribution in [0.15, 0.2) is 199 Å². The van der Waals surface area contributed by atoms with Crippen molar-refractivity contribution < 1.29 is 4.42 Å². The highest BCUT2D eigenvalue weighted by molar-refractivity contribution is 6.29. The molecule has 0 unspecified atom stereocenters. The van der Waals surface area contributed by atoms with Crippen molar-refractivity contribution in [2.45, 2.75) is 0 Å². The van der Waals surface area contributed by atoms with Gasteiger partial charge in [-0.05, 0) is 147 Å². The van der Waals surface area contributed by atoms with Crippen molar-refractivity contribution in [2.75, 3.05) is 0 Å². The van der Waals surface area contributed by atoms with Crippen LogP contribution >= 0.6 is 0 Å². The van der Waals surface area contributed by atoms with Gasteiger partial charge in [0.15, 0.2) is 0 Å². The van der Waals surface area contributed by atoms with Crippen molar-refractivity contribution in [1.29, 1.82) is 0 Å². The van der Waals surface area contributed by atoms with Crippen LogP contribution in [0.3, 0.4) is 0 Å². The van der Waals surface area contributed by atoms with Crippen molar-refractivity contribution in [3.05, 3.63) is 194 Å². The van der Waals surface area contributed by atoms with Gasteiger partial charge in [0.2, 0.25) is 0 Å². The third kappa shape index (κ3) is 4.73. The summed E-state index contributed by atoms with van der Waals surface area (Å²) in [7, 11) is 0. The van der Waals surface area contributed by atoms with E-state index in [2.05, 4.69) is 194 Å². The summed E-state index contributed by atoms with van der Waals surface area (Å²) in [5, 5.41) is 17.5. The zero-order chi connectivity index (χ0) is 36.0. The highest BCUT2D eigenvalue weighted by Gasteiger charge is 2.15. The van der Waals surface area contributed by atoms with E-state index in [-0.39, 0.29) is 0 Å². The summed E-state index contributed by atoms with van der Waals surface area (Å²) in [5.41, 5.74) is 8.97.